The van der Waals surface area contributed by atoms with Crippen LogP contribution in [0.4, 0.5) is 11.4 Å². The minimum atomic E-state index is -1.17. The van der Waals surface area contributed by atoms with Crippen LogP contribution >= 0.6 is 0 Å². The molecule has 30 heavy (non-hydrogen) atoms. The van der Waals surface area contributed by atoms with Crippen molar-refractivity contribution in [1.82, 2.24) is 10.3 Å². The highest BCUT2D eigenvalue weighted by Crippen LogP contribution is 2.32. The third kappa shape index (κ3) is 4.10. The molecular weight excluding hydrogens is 384 g/mol. The molecule has 0 aliphatic heterocycles. The zero-order valence-electron chi connectivity index (χ0n) is 19.9. The van der Waals surface area contributed by atoms with Gasteiger partial charge in [-0.3, -0.25) is 0 Å². The van der Waals surface area contributed by atoms with Gasteiger partial charge in [0.05, 0.1) is 25.3 Å². The summed E-state index contributed by atoms with van der Waals surface area (Å²) in [5, 5.41) is 28.8. The van der Waals surface area contributed by atoms with Crippen LogP contribution in [0.3, 0.4) is 0 Å². The number of aliphatic hydroxyl groups is 2. The first kappa shape index (κ1) is 18.9. The molecule has 0 amide bonds. The summed E-state index contributed by atoms with van der Waals surface area (Å²) in [6.45, 7) is 9.93. The van der Waals surface area contributed by atoms with Crippen LogP contribution < -0.4 is 11.5 Å². The van der Waals surface area contributed by atoms with E-state index >= 15 is 0 Å². The first-order chi connectivity index (χ1) is 14.6. The molecule has 0 radical (unpaired) electrons. The zero-order chi connectivity index (χ0) is 24.2. The fraction of sp³-hybridized carbons (Fsp3) is 0.364. The highest BCUT2D eigenvalue weighted by molar-refractivity contribution is 5.85. The Hall–Kier alpha value is -3.10. The minimum Gasteiger partial charge on any atom is -0.398 e. The Morgan fingerprint density at radius 3 is 1.83 bits per heavy atom. The Morgan fingerprint density at radius 1 is 0.800 bits per heavy atom. The van der Waals surface area contributed by atoms with Gasteiger partial charge in [0.1, 0.15) is 0 Å². The average Bonchev–Trinajstić information content (AvgIpc) is 3.16. The molecule has 2 heterocycles. The molecule has 2 aromatic heterocycles. The third-order valence-electron chi connectivity index (χ3n) is 4.67. The van der Waals surface area contributed by atoms with Gasteiger partial charge in [-0.15, -0.1) is 0 Å². The van der Waals surface area contributed by atoms with Crippen LogP contribution in [0.15, 0.2) is 33.3 Å². The molecule has 0 fully saturated rings. The number of hydrogen-bond acceptors (Lipinski definition) is 8. The van der Waals surface area contributed by atoms with Crippen LogP contribution in [0.25, 0.3) is 21.9 Å². The summed E-state index contributed by atoms with van der Waals surface area (Å²) in [7, 11) is 0. The predicted octanol–water partition coefficient (Wildman–Crippen LogP) is 3.89. The molecule has 0 saturated carbocycles. The zero-order valence-corrected chi connectivity index (χ0v) is 17.9. The van der Waals surface area contributed by atoms with Gasteiger partial charge >= 0.3 is 0 Å². The summed E-state index contributed by atoms with van der Waals surface area (Å²) in [6.07, 6.45) is 0. The summed E-state index contributed by atoms with van der Waals surface area (Å²) in [5.41, 5.74) is 13.0. The van der Waals surface area contributed by atoms with Crippen molar-refractivity contribution in [3.8, 4) is 0 Å². The Balaban J connectivity index is 0.000000181. The highest BCUT2D eigenvalue weighted by atomic mass is 16.5. The number of nitrogen functional groups attached to an aromatic ring is 2. The maximum atomic E-state index is 9.99. The minimum absolute atomic E-state index is 0.100. The topological polar surface area (TPSA) is 145 Å². The second-order valence-corrected chi connectivity index (χ2v) is 8.34. The van der Waals surface area contributed by atoms with Crippen molar-refractivity contribution < 1.29 is 22.0 Å². The van der Waals surface area contributed by atoms with Crippen molar-refractivity contribution in [2.24, 2.45) is 0 Å². The van der Waals surface area contributed by atoms with E-state index in [1.165, 1.54) is 0 Å². The fourth-order valence-corrected chi connectivity index (χ4v) is 3.11. The van der Waals surface area contributed by atoms with Crippen molar-refractivity contribution in [3.63, 3.8) is 0 Å². The lowest BCUT2D eigenvalue weighted by Gasteiger charge is -2.19. The molecule has 4 rings (SSSR count). The summed E-state index contributed by atoms with van der Waals surface area (Å²) in [4.78, 5) is 0. The Bertz CT molecular complexity index is 1310. The maximum absolute atomic E-state index is 9.99. The highest BCUT2D eigenvalue weighted by Gasteiger charge is 2.22. The fourth-order valence-electron chi connectivity index (χ4n) is 3.11. The first-order valence-corrected chi connectivity index (χ1v) is 9.40. The molecule has 0 unspecified atom stereocenters. The largest absolute Gasteiger partial charge is 0.398 e. The van der Waals surface area contributed by atoms with Gasteiger partial charge in [-0.2, -0.15) is 0 Å². The molecule has 8 heteroatoms. The molecule has 0 saturated heterocycles. The number of rotatable bonds is 2. The second-order valence-electron chi connectivity index (χ2n) is 8.34. The van der Waals surface area contributed by atoms with E-state index in [2.05, 4.69) is 10.3 Å². The van der Waals surface area contributed by atoms with Crippen molar-refractivity contribution in [2.45, 2.75) is 52.7 Å². The maximum Gasteiger partial charge on any atom is 0.169 e. The number of aromatic nitrogens is 2. The first-order valence-electron chi connectivity index (χ1n) is 10.4. The molecule has 8 nitrogen and oxygen atoms in total. The smallest absolute Gasteiger partial charge is 0.169 e. The number of fused-ring (bicyclic) bond motifs is 2. The third-order valence-corrected chi connectivity index (χ3v) is 4.67. The van der Waals surface area contributed by atoms with Gasteiger partial charge in [0.25, 0.3) is 0 Å². The quantitative estimate of drug-likeness (QED) is 0.360. The Kier molecular flexibility index (Phi) is 4.60. The molecule has 0 spiro atoms. The normalized spacial score (nSPS) is 13.2. The molecule has 2 aromatic carbocycles. The molecule has 4 aromatic rings. The van der Waals surface area contributed by atoms with Crippen LogP contribution in [-0.2, 0) is 11.2 Å². The number of benzene rings is 2. The van der Waals surface area contributed by atoms with Gasteiger partial charge in [-0.25, -0.2) is 0 Å². The molecule has 0 bridgehead atoms. The van der Waals surface area contributed by atoms with Crippen LogP contribution in [0.2, 0.25) is 0 Å². The van der Waals surface area contributed by atoms with E-state index in [4.69, 9.17) is 23.3 Å². The number of nitrogens with zero attached hydrogens (tertiary/aromatic N) is 2. The van der Waals surface area contributed by atoms with Crippen molar-refractivity contribution in [1.29, 1.82) is 0 Å². The summed E-state index contributed by atoms with van der Waals surface area (Å²) >= 11 is 0. The number of hydrogen-bond donors (Lipinski definition) is 4. The van der Waals surface area contributed by atoms with Crippen molar-refractivity contribution in [2.75, 3.05) is 11.5 Å². The van der Waals surface area contributed by atoms with Gasteiger partial charge in [0.15, 0.2) is 11.2 Å². The summed E-state index contributed by atoms with van der Waals surface area (Å²) in [5.74, 6) is 0. The molecular formula is C22H28N4O4. The lowest BCUT2D eigenvalue weighted by atomic mass is 9.95. The number of nitrogens with two attached hydrogens (primary N) is 2. The SMILES string of the molecule is [3H]c1c(C(C)(C)O)c(N)cc2c(C)noc12.[3H]c1c(C(C)(C)O)c(N)cc2onc(C)c12. The lowest BCUT2D eigenvalue weighted by molar-refractivity contribution is 0.0789. The molecule has 0 aliphatic rings. The van der Waals surface area contributed by atoms with Crippen LogP contribution in [0.5, 0.6) is 0 Å². The Labute approximate surface area is 177 Å². The lowest BCUT2D eigenvalue weighted by Crippen LogP contribution is -2.17. The van der Waals surface area contributed by atoms with Crippen LogP contribution in [0.1, 0.15) is 53.0 Å². The van der Waals surface area contributed by atoms with Crippen molar-refractivity contribution in [3.05, 3.63) is 46.7 Å². The van der Waals surface area contributed by atoms with Gasteiger partial charge in [-0.05, 0) is 59.7 Å². The van der Waals surface area contributed by atoms with E-state index in [0.29, 0.717) is 50.4 Å². The van der Waals surface area contributed by atoms with E-state index in [1.807, 2.05) is 0 Å². The average molecular weight is 417 g/mol. The summed E-state index contributed by atoms with van der Waals surface area (Å²) < 4.78 is 26.1. The van der Waals surface area contributed by atoms with E-state index < -0.39 is 11.2 Å². The van der Waals surface area contributed by atoms with E-state index in [0.717, 1.165) is 5.39 Å². The van der Waals surface area contributed by atoms with E-state index in [1.54, 1.807) is 53.7 Å². The van der Waals surface area contributed by atoms with E-state index in [9.17, 15) is 10.2 Å². The Morgan fingerprint density at radius 2 is 1.27 bits per heavy atom. The number of aryl methyl sites for hydroxylation is 2. The van der Waals surface area contributed by atoms with Gasteiger partial charge in [0, 0.05) is 39.3 Å². The van der Waals surface area contributed by atoms with Crippen LogP contribution in [-0.4, -0.2) is 20.5 Å². The molecule has 0 atom stereocenters. The van der Waals surface area contributed by atoms with Crippen LogP contribution in [0, 0.1) is 13.8 Å². The van der Waals surface area contributed by atoms with Gasteiger partial charge in [-0.1, -0.05) is 10.3 Å². The molecule has 160 valence electrons. The molecule has 6 N–H and O–H groups in total. The van der Waals surface area contributed by atoms with Crippen molar-refractivity contribution >= 4 is 33.3 Å². The predicted molar refractivity (Wildman–Crippen MR) is 117 cm³/mol. The second kappa shape index (κ2) is 7.30. The van der Waals surface area contributed by atoms with Gasteiger partial charge < -0.3 is 30.7 Å². The molecule has 0 aliphatic carbocycles. The van der Waals surface area contributed by atoms with Gasteiger partial charge in [0.2, 0.25) is 0 Å². The number of anilines is 2. The monoisotopic (exact) mass is 416 g/mol. The summed E-state index contributed by atoms with van der Waals surface area (Å²) in [6, 6.07) is 3.57. The standard InChI is InChI=1S/2C11H14N2O2/c1-6-7-4-9(12)8(11(2,3)14)5-10(7)15-13-6;1-6-7-4-8(11(2,3)14)9(12)5-10(7)15-13-6/h2*4-5,14H,12H2,1-3H3/i5T;4T. The van der Waals surface area contributed by atoms with E-state index in [-0.39, 0.29) is 12.1 Å².